The predicted octanol–water partition coefficient (Wildman–Crippen LogP) is 4.36. The Hall–Kier alpha value is -1.16. The highest BCUT2D eigenvalue weighted by Crippen LogP contribution is 2.64. The van der Waals surface area contributed by atoms with Crippen LogP contribution in [0.1, 0.15) is 59.3 Å². The minimum Gasteiger partial charge on any atom is -0.424 e. The highest BCUT2D eigenvalue weighted by Gasteiger charge is 2.56. The van der Waals surface area contributed by atoms with E-state index in [9.17, 15) is 0 Å². The number of hydrogen-bond donors (Lipinski definition) is 0. The van der Waals surface area contributed by atoms with Gasteiger partial charge in [-0.15, -0.1) is 10.2 Å². The van der Waals surface area contributed by atoms with Crippen molar-refractivity contribution in [1.82, 2.24) is 10.2 Å². The van der Waals surface area contributed by atoms with Gasteiger partial charge in [0.25, 0.3) is 0 Å². The van der Waals surface area contributed by atoms with Crippen LogP contribution in [0, 0.1) is 5.92 Å². The average Bonchev–Trinajstić information content (AvgIpc) is 3.04. The fourth-order valence-electron chi connectivity index (χ4n) is 3.59. The topological polar surface area (TPSA) is 38.9 Å². The van der Waals surface area contributed by atoms with Crippen LogP contribution in [0.3, 0.4) is 0 Å². The molecule has 0 amide bonds. The number of halogens is 1. The molecule has 0 spiro atoms. The quantitative estimate of drug-likeness (QED) is 0.784. The largest absolute Gasteiger partial charge is 0.424 e. The van der Waals surface area contributed by atoms with Crippen LogP contribution in [-0.2, 0) is 6.42 Å². The second kappa shape index (κ2) is 4.69. The first-order chi connectivity index (χ1) is 9.79. The first kappa shape index (κ1) is 12.6. The van der Waals surface area contributed by atoms with Gasteiger partial charge in [-0.3, -0.25) is 0 Å². The third-order valence-electron chi connectivity index (χ3n) is 4.70. The lowest BCUT2D eigenvalue weighted by atomic mass is 9.92. The van der Waals surface area contributed by atoms with Crippen LogP contribution < -0.4 is 0 Å². The van der Waals surface area contributed by atoms with Gasteiger partial charge >= 0.3 is 0 Å². The maximum atomic E-state index is 5.90. The van der Waals surface area contributed by atoms with E-state index in [2.05, 4.69) is 57.3 Å². The van der Waals surface area contributed by atoms with Gasteiger partial charge in [0.2, 0.25) is 11.8 Å². The van der Waals surface area contributed by atoms with E-state index in [0.29, 0.717) is 17.8 Å². The highest BCUT2D eigenvalue weighted by atomic mass is 79.9. The van der Waals surface area contributed by atoms with Gasteiger partial charge in [0.05, 0.1) is 4.83 Å². The lowest BCUT2D eigenvalue weighted by Crippen LogP contribution is -2.00. The van der Waals surface area contributed by atoms with Crippen LogP contribution in [-0.4, -0.2) is 10.2 Å². The summed E-state index contributed by atoms with van der Waals surface area (Å²) in [7, 11) is 0. The summed E-state index contributed by atoms with van der Waals surface area (Å²) in [6.07, 6.45) is 3.39. The molecule has 4 rings (SSSR count). The molecule has 2 aliphatic carbocycles. The zero-order chi connectivity index (χ0) is 13.7. The van der Waals surface area contributed by atoms with E-state index in [1.165, 1.54) is 24.0 Å². The molecule has 1 aromatic heterocycles. The molecule has 0 saturated heterocycles. The second-order valence-corrected chi connectivity index (χ2v) is 6.91. The van der Waals surface area contributed by atoms with Gasteiger partial charge < -0.3 is 4.42 Å². The van der Waals surface area contributed by atoms with Gasteiger partial charge in [0.15, 0.2) is 0 Å². The second-order valence-electron chi connectivity index (χ2n) is 5.81. The molecule has 3 nitrogen and oxygen atoms in total. The summed E-state index contributed by atoms with van der Waals surface area (Å²) in [5.41, 5.74) is 3.00. The number of fused-ring (bicyclic) bond motifs is 3. The number of aryl methyl sites for hydroxylation is 1. The summed E-state index contributed by atoms with van der Waals surface area (Å²) in [6, 6.07) is 8.80. The van der Waals surface area contributed by atoms with Crippen molar-refractivity contribution < 1.29 is 4.42 Å². The van der Waals surface area contributed by atoms with Crippen molar-refractivity contribution in [1.29, 1.82) is 0 Å². The molecule has 4 unspecified atom stereocenters. The summed E-state index contributed by atoms with van der Waals surface area (Å²) in [4.78, 5) is 0.178. The zero-order valence-corrected chi connectivity index (χ0v) is 13.0. The van der Waals surface area contributed by atoms with Crippen molar-refractivity contribution >= 4 is 15.9 Å². The smallest absolute Gasteiger partial charge is 0.230 e. The van der Waals surface area contributed by atoms with Crippen molar-refractivity contribution in [2.24, 2.45) is 5.92 Å². The number of hydrogen-bond acceptors (Lipinski definition) is 3. The first-order valence-corrected chi connectivity index (χ1v) is 8.26. The van der Waals surface area contributed by atoms with Crippen LogP contribution in [0.25, 0.3) is 0 Å². The van der Waals surface area contributed by atoms with E-state index < -0.39 is 0 Å². The maximum Gasteiger partial charge on any atom is 0.230 e. The van der Waals surface area contributed by atoms with Crippen LogP contribution >= 0.6 is 15.9 Å². The SMILES string of the molecule is CCC(Br)c1nnc(C2C3CCc4ccccc4C32)o1. The van der Waals surface area contributed by atoms with E-state index in [4.69, 9.17) is 4.42 Å². The Bertz CT molecular complexity index is 639. The van der Waals surface area contributed by atoms with Crippen LogP contribution in [0.15, 0.2) is 28.7 Å². The lowest BCUT2D eigenvalue weighted by molar-refractivity contribution is 0.439. The summed E-state index contributed by atoms with van der Waals surface area (Å²) in [5, 5.41) is 8.50. The molecule has 1 saturated carbocycles. The molecule has 1 heterocycles. The molecule has 0 radical (unpaired) electrons. The van der Waals surface area contributed by atoms with Gasteiger partial charge in [0, 0.05) is 5.92 Å². The number of nitrogens with zero attached hydrogens (tertiary/aromatic N) is 2. The van der Waals surface area contributed by atoms with Crippen LogP contribution in [0.2, 0.25) is 0 Å². The van der Waals surface area contributed by atoms with Gasteiger partial charge in [-0.1, -0.05) is 47.1 Å². The Morgan fingerprint density at radius 3 is 3.00 bits per heavy atom. The van der Waals surface area contributed by atoms with E-state index in [0.717, 1.165) is 18.2 Å². The maximum absolute atomic E-state index is 5.90. The summed E-state index contributed by atoms with van der Waals surface area (Å²) < 4.78 is 5.90. The summed E-state index contributed by atoms with van der Waals surface area (Å²) in [5.74, 6) is 3.30. The Kier molecular flexibility index (Phi) is 2.95. The van der Waals surface area contributed by atoms with E-state index in [1.807, 2.05) is 0 Å². The summed E-state index contributed by atoms with van der Waals surface area (Å²) >= 11 is 3.57. The molecule has 2 aromatic rings. The van der Waals surface area contributed by atoms with Crippen LogP contribution in [0.4, 0.5) is 0 Å². The molecule has 1 fully saturated rings. The highest BCUT2D eigenvalue weighted by molar-refractivity contribution is 9.09. The molecule has 2 aliphatic rings. The molecule has 0 N–H and O–H groups in total. The van der Waals surface area contributed by atoms with Crippen LogP contribution in [0.5, 0.6) is 0 Å². The van der Waals surface area contributed by atoms with Crippen molar-refractivity contribution in [2.45, 2.75) is 42.8 Å². The van der Waals surface area contributed by atoms with Crippen molar-refractivity contribution in [3.8, 4) is 0 Å². The van der Waals surface area contributed by atoms with Gasteiger partial charge in [-0.2, -0.15) is 0 Å². The van der Waals surface area contributed by atoms with E-state index in [1.54, 1.807) is 0 Å². The zero-order valence-electron chi connectivity index (χ0n) is 11.4. The first-order valence-electron chi connectivity index (χ1n) is 7.34. The van der Waals surface area contributed by atoms with Gasteiger partial charge in [0.1, 0.15) is 0 Å². The monoisotopic (exact) mass is 332 g/mol. The number of rotatable bonds is 3. The standard InChI is InChI=1S/C16H17BrN2O/c1-2-12(17)15-18-19-16(20-15)14-11-8-7-9-5-3-4-6-10(9)13(11)14/h3-6,11-14H,2,7-8H2,1H3. The lowest BCUT2D eigenvalue weighted by Gasteiger charge is -2.13. The van der Waals surface area contributed by atoms with E-state index >= 15 is 0 Å². The van der Waals surface area contributed by atoms with E-state index in [-0.39, 0.29) is 4.83 Å². The third-order valence-corrected chi connectivity index (χ3v) is 5.74. The Morgan fingerprint density at radius 2 is 2.15 bits per heavy atom. The molecule has 104 valence electrons. The van der Waals surface area contributed by atoms with Gasteiger partial charge in [-0.25, -0.2) is 0 Å². The molecule has 4 heteroatoms. The molecule has 0 aliphatic heterocycles. The van der Waals surface area contributed by atoms with Crippen molar-refractivity contribution in [3.63, 3.8) is 0 Å². The average molecular weight is 333 g/mol. The fraction of sp³-hybridized carbons (Fsp3) is 0.500. The minimum atomic E-state index is 0.178. The van der Waals surface area contributed by atoms with Gasteiger partial charge in [-0.05, 0) is 42.2 Å². The Labute approximate surface area is 126 Å². The number of benzene rings is 1. The Balaban J connectivity index is 1.62. The van der Waals surface area contributed by atoms with Crippen molar-refractivity contribution in [3.05, 3.63) is 47.2 Å². The molecular weight excluding hydrogens is 316 g/mol. The van der Waals surface area contributed by atoms with Crippen molar-refractivity contribution in [2.75, 3.05) is 0 Å². The number of alkyl halides is 1. The molecule has 1 aromatic carbocycles. The fourth-order valence-corrected chi connectivity index (χ4v) is 3.77. The molecule has 4 atom stereocenters. The number of aromatic nitrogens is 2. The third kappa shape index (κ3) is 1.85. The minimum absolute atomic E-state index is 0.178. The molecule has 20 heavy (non-hydrogen) atoms. The predicted molar refractivity (Wildman–Crippen MR) is 80.0 cm³/mol. The Morgan fingerprint density at radius 1 is 1.30 bits per heavy atom. The summed E-state index contributed by atoms with van der Waals surface area (Å²) in [6.45, 7) is 2.11. The normalized spacial score (nSPS) is 28.6. The molecular formula is C16H17BrN2O. The molecule has 0 bridgehead atoms.